The molecule has 1 fully saturated rings. The van der Waals surface area contributed by atoms with Crippen molar-refractivity contribution in [3.05, 3.63) is 22.7 Å². The number of aryl methyl sites for hydroxylation is 1. The van der Waals surface area contributed by atoms with Gasteiger partial charge >= 0.3 is 0 Å². The Labute approximate surface area is 148 Å². The van der Waals surface area contributed by atoms with Gasteiger partial charge < -0.3 is 9.64 Å². The fourth-order valence-electron chi connectivity index (χ4n) is 2.82. The van der Waals surface area contributed by atoms with Crippen LogP contribution in [0.15, 0.2) is 17.0 Å². The number of benzene rings is 1. The van der Waals surface area contributed by atoms with Gasteiger partial charge in [0.15, 0.2) is 0 Å². The highest BCUT2D eigenvalue weighted by Gasteiger charge is 2.32. The highest BCUT2D eigenvalue weighted by atomic mass is 35.5. The number of likely N-dealkylation sites (tertiary alicyclic amines) is 1. The minimum atomic E-state index is -3.76. The maximum absolute atomic E-state index is 12.9. The van der Waals surface area contributed by atoms with Gasteiger partial charge in [-0.15, -0.1) is 0 Å². The van der Waals surface area contributed by atoms with Crippen LogP contribution in [0.5, 0.6) is 5.75 Å². The van der Waals surface area contributed by atoms with Gasteiger partial charge in [0.25, 0.3) is 0 Å². The summed E-state index contributed by atoms with van der Waals surface area (Å²) < 4.78 is 32.6. The molecule has 1 aromatic rings. The molecule has 1 aliphatic heterocycles. The Morgan fingerprint density at radius 3 is 2.62 bits per heavy atom. The molecule has 1 atom stereocenters. The van der Waals surface area contributed by atoms with Crippen LogP contribution >= 0.6 is 11.6 Å². The van der Waals surface area contributed by atoms with Gasteiger partial charge in [-0.1, -0.05) is 11.6 Å². The van der Waals surface area contributed by atoms with Crippen molar-refractivity contribution >= 4 is 27.5 Å². The molecular formula is C16H23ClN2O4S. The summed E-state index contributed by atoms with van der Waals surface area (Å²) in [6.07, 6.45) is 0.364. The highest BCUT2D eigenvalue weighted by Crippen LogP contribution is 2.32. The second-order valence-corrected chi connectivity index (χ2v) is 8.53. The van der Waals surface area contributed by atoms with Crippen molar-refractivity contribution < 1.29 is 17.9 Å². The third-order valence-corrected chi connectivity index (χ3v) is 6.40. The number of sulfonamides is 1. The molecule has 1 saturated heterocycles. The lowest BCUT2D eigenvalue weighted by Gasteiger charge is -2.22. The molecular weight excluding hydrogens is 352 g/mol. The van der Waals surface area contributed by atoms with Crippen molar-refractivity contribution in [1.29, 1.82) is 0 Å². The SMILES string of the molecule is CCOc1cc(C)c(Cl)cc1S(=O)(=O)N(C)CC1CC(=O)N(C)C1. The molecule has 8 heteroatoms. The van der Waals surface area contributed by atoms with Crippen LogP contribution in [0.1, 0.15) is 18.9 Å². The number of ether oxygens (including phenoxy) is 1. The summed E-state index contributed by atoms with van der Waals surface area (Å²) in [4.78, 5) is 13.3. The standard InChI is InChI=1S/C16H23ClN2O4S/c1-5-23-14-6-11(2)13(17)8-15(14)24(21,22)19(4)10-12-7-16(20)18(3)9-12/h6,8,12H,5,7,9-10H2,1-4H3. The molecule has 0 bridgehead atoms. The molecule has 1 amide bonds. The van der Waals surface area contributed by atoms with E-state index < -0.39 is 10.0 Å². The third-order valence-electron chi connectivity index (χ3n) is 4.15. The lowest BCUT2D eigenvalue weighted by atomic mass is 10.1. The highest BCUT2D eigenvalue weighted by molar-refractivity contribution is 7.89. The molecule has 1 aliphatic rings. The van der Waals surface area contributed by atoms with Crippen LogP contribution < -0.4 is 4.74 Å². The predicted octanol–water partition coefficient (Wildman–Crippen LogP) is 2.15. The van der Waals surface area contributed by atoms with E-state index in [1.165, 1.54) is 17.4 Å². The number of hydrogen-bond donors (Lipinski definition) is 0. The fourth-order valence-corrected chi connectivity index (χ4v) is 4.43. The van der Waals surface area contributed by atoms with Gasteiger partial charge in [-0.05, 0) is 37.5 Å². The average Bonchev–Trinajstić information content (AvgIpc) is 2.80. The second kappa shape index (κ2) is 7.29. The van der Waals surface area contributed by atoms with Gasteiger partial charge in [0.2, 0.25) is 15.9 Å². The van der Waals surface area contributed by atoms with Gasteiger partial charge in [0.1, 0.15) is 10.6 Å². The first-order valence-electron chi connectivity index (χ1n) is 7.80. The smallest absolute Gasteiger partial charge is 0.246 e. The van der Waals surface area contributed by atoms with Crippen LogP contribution in [0, 0.1) is 12.8 Å². The summed E-state index contributed by atoms with van der Waals surface area (Å²) in [6, 6.07) is 3.07. The molecule has 0 aromatic heterocycles. The van der Waals surface area contributed by atoms with E-state index in [9.17, 15) is 13.2 Å². The average molecular weight is 375 g/mol. The summed E-state index contributed by atoms with van der Waals surface area (Å²) in [7, 11) is -0.518. The molecule has 1 aromatic carbocycles. The Balaban J connectivity index is 2.29. The first kappa shape index (κ1) is 19.0. The molecule has 0 radical (unpaired) electrons. The van der Waals surface area contributed by atoms with E-state index in [0.29, 0.717) is 30.3 Å². The van der Waals surface area contributed by atoms with E-state index in [-0.39, 0.29) is 23.3 Å². The Bertz CT molecular complexity index is 736. The Morgan fingerprint density at radius 2 is 2.08 bits per heavy atom. The van der Waals surface area contributed by atoms with E-state index in [4.69, 9.17) is 16.3 Å². The molecule has 0 aliphatic carbocycles. The monoisotopic (exact) mass is 374 g/mol. The molecule has 2 rings (SSSR count). The van der Waals surface area contributed by atoms with Crippen molar-refractivity contribution in [2.75, 3.05) is 33.8 Å². The zero-order valence-corrected chi connectivity index (χ0v) is 15.9. The minimum absolute atomic E-state index is 0.0151. The van der Waals surface area contributed by atoms with Gasteiger partial charge in [0, 0.05) is 38.6 Å². The maximum atomic E-state index is 12.9. The van der Waals surface area contributed by atoms with Crippen LogP contribution in [-0.4, -0.2) is 57.3 Å². The van der Waals surface area contributed by atoms with E-state index in [1.54, 1.807) is 31.9 Å². The van der Waals surface area contributed by atoms with Crippen LogP contribution in [0.3, 0.4) is 0 Å². The quantitative estimate of drug-likeness (QED) is 0.765. The molecule has 0 N–H and O–H groups in total. The van der Waals surface area contributed by atoms with Crippen LogP contribution in [-0.2, 0) is 14.8 Å². The van der Waals surface area contributed by atoms with Crippen molar-refractivity contribution in [1.82, 2.24) is 9.21 Å². The predicted molar refractivity (Wildman–Crippen MR) is 92.9 cm³/mol. The summed E-state index contributed by atoms with van der Waals surface area (Å²) in [5, 5.41) is 0.376. The summed E-state index contributed by atoms with van der Waals surface area (Å²) >= 11 is 6.12. The van der Waals surface area contributed by atoms with E-state index in [1.807, 2.05) is 0 Å². The largest absolute Gasteiger partial charge is 0.492 e. The zero-order chi connectivity index (χ0) is 18.1. The van der Waals surface area contributed by atoms with Crippen molar-refractivity contribution in [2.45, 2.75) is 25.2 Å². The van der Waals surface area contributed by atoms with Crippen LogP contribution in [0.2, 0.25) is 5.02 Å². The summed E-state index contributed by atoms with van der Waals surface area (Å²) in [5.74, 6) is 0.323. The van der Waals surface area contributed by atoms with Gasteiger partial charge in [-0.2, -0.15) is 0 Å². The number of halogens is 1. The lowest BCUT2D eigenvalue weighted by Crippen LogP contribution is -2.33. The van der Waals surface area contributed by atoms with Gasteiger partial charge in [-0.3, -0.25) is 4.79 Å². The lowest BCUT2D eigenvalue weighted by molar-refractivity contribution is -0.126. The van der Waals surface area contributed by atoms with Crippen molar-refractivity contribution in [3.63, 3.8) is 0 Å². The number of amides is 1. The molecule has 6 nitrogen and oxygen atoms in total. The molecule has 1 unspecified atom stereocenters. The van der Waals surface area contributed by atoms with Crippen molar-refractivity contribution in [2.24, 2.45) is 5.92 Å². The van der Waals surface area contributed by atoms with Gasteiger partial charge in [0.05, 0.1) is 6.61 Å². The minimum Gasteiger partial charge on any atom is -0.492 e. The molecule has 1 heterocycles. The Morgan fingerprint density at radius 1 is 1.42 bits per heavy atom. The molecule has 0 saturated carbocycles. The third kappa shape index (κ3) is 3.84. The Hall–Kier alpha value is -1.31. The summed E-state index contributed by atoms with van der Waals surface area (Å²) in [6.45, 7) is 4.78. The number of rotatable bonds is 6. The van der Waals surface area contributed by atoms with Crippen molar-refractivity contribution in [3.8, 4) is 5.75 Å². The number of carbonyl (C=O) groups is 1. The first-order chi connectivity index (χ1) is 11.2. The van der Waals surface area contributed by atoms with Crippen LogP contribution in [0.4, 0.5) is 0 Å². The Kier molecular flexibility index (Phi) is 5.78. The molecule has 24 heavy (non-hydrogen) atoms. The topological polar surface area (TPSA) is 66.9 Å². The van der Waals surface area contributed by atoms with E-state index in [0.717, 1.165) is 5.56 Å². The van der Waals surface area contributed by atoms with E-state index in [2.05, 4.69) is 0 Å². The summed E-state index contributed by atoms with van der Waals surface area (Å²) in [5.41, 5.74) is 0.754. The number of carbonyl (C=O) groups excluding carboxylic acids is 1. The molecule has 0 spiro atoms. The zero-order valence-electron chi connectivity index (χ0n) is 14.4. The maximum Gasteiger partial charge on any atom is 0.246 e. The van der Waals surface area contributed by atoms with Crippen LogP contribution in [0.25, 0.3) is 0 Å². The van der Waals surface area contributed by atoms with E-state index >= 15 is 0 Å². The number of nitrogens with zero attached hydrogens (tertiary/aromatic N) is 2. The van der Waals surface area contributed by atoms with Gasteiger partial charge in [-0.25, -0.2) is 12.7 Å². The number of hydrogen-bond acceptors (Lipinski definition) is 4. The normalized spacial score (nSPS) is 18.5. The first-order valence-corrected chi connectivity index (χ1v) is 9.61. The molecule has 134 valence electrons. The fraction of sp³-hybridized carbons (Fsp3) is 0.562. The second-order valence-electron chi connectivity index (χ2n) is 6.11.